The molecule has 1 amide bonds. The molecule has 1 heterocycles. The number of carboxylic acid groups (broad SMARTS) is 1. The molecule has 0 spiro atoms. The highest BCUT2D eigenvalue weighted by Gasteiger charge is 2.43. The van der Waals surface area contributed by atoms with Gasteiger partial charge in [0.05, 0.1) is 22.5 Å². The lowest BCUT2D eigenvalue weighted by Gasteiger charge is -2.42. The fourth-order valence-corrected chi connectivity index (χ4v) is 8.78. The number of fused-ring (bicyclic) bond motifs is 2. The first-order chi connectivity index (χ1) is 26.6. The minimum atomic E-state index is -1.07. The number of phenolic OH excluding ortho intramolecular Hbond substituents is 1. The summed E-state index contributed by atoms with van der Waals surface area (Å²) in [5.41, 5.74) is 4.78. The highest BCUT2D eigenvalue weighted by molar-refractivity contribution is 8.76. The Kier molecular flexibility index (Phi) is 13.3. The van der Waals surface area contributed by atoms with E-state index in [1.165, 1.54) is 6.07 Å². The number of carboxylic acids is 1. The van der Waals surface area contributed by atoms with Crippen LogP contribution in [-0.2, 0) is 4.79 Å². The SMILES string of the molecule is CN(C)c1ccc(N=Nc2ccccc2C(=O)NCCSSCCNC(=S)Nc2ccc(C3c4ccc(O)cc4OC4CC(=O)CCC43)c(C(=O)O)c2)cc1. The number of hydrogen-bond donors (Lipinski definition) is 5. The van der Waals surface area contributed by atoms with E-state index in [1.807, 2.05) is 49.3 Å². The number of nitrogens with one attached hydrogen (secondary N) is 3. The molecule has 5 N–H and O–H groups in total. The van der Waals surface area contributed by atoms with E-state index in [9.17, 15) is 24.6 Å². The third kappa shape index (κ3) is 10.1. The maximum Gasteiger partial charge on any atom is 0.336 e. The molecule has 2 aliphatic rings. The van der Waals surface area contributed by atoms with Crippen molar-refractivity contribution in [3.63, 3.8) is 0 Å². The van der Waals surface area contributed by atoms with Crippen LogP contribution in [0.2, 0.25) is 0 Å². The van der Waals surface area contributed by atoms with Gasteiger partial charge in [-0.05, 0) is 78.8 Å². The Balaban J connectivity index is 0.950. The number of rotatable bonds is 14. The summed E-state index contributed by atoms with van der Waals surface area (Å²) in [6, 6.07) is 24.8. The number of ketones is 1. The van der Waals surface area contributed by atoms with Gasteiger partial charge in [-0.3, -0.25) is 9.59 Å². The zero-order valence-corrected chi connectivity index (χ0v) is 32.8. The third-order valence-electron chi connectivity index (χ3n) is 9.39. The molecule has 0 saturated heterocycles. The number of amides is 1. The van der Waals surface area contributed by atoms with Crippen LogP contribution in [0.3, 0.4) is 0 Å². The molecule has 15 heteroatoms. The molecule has 0 aromatic heterocycles. The van der Waals surface area contributed by atoms with E-state index in [2.05, 4.69) is 26.2 Å². The zero-order valence-electron chi connectivity index (χ0n) is 30.4. The minimum absolute atomic E-state index is 0.0404. The normalized spacial score (nSPS) is 17.4. The average molecular weight is 799 g/mol. The topological polar surface area (TPSA) is 165 Å². The van der Waals surface area contributed by atoms with E-state index in [0.29, 0.717) is 70.7 Å². The maximum absolute atomic E-state index is 12.9. The molecule has 6 rings (SSSR count). The van der Waals surface area contributed by atoms with Gasteiger partial charge in [-0.25, -0.2) is 4.79 Å². The standard InChI is InChI=1S/C40H42N6O6S3/c1-46(2)26-10-7-24(8-11-26)44-45-34-6-4-3-5-30(34)38(49)41-17-19-54-55-20-18-42-40(53)43-25-9-14-29(33(21-25)39(50)51)37-31-15-12-27(47)22-35(31)52-36-23-28(48)13-16-32(36)37/h3-12,14-15,21-22,32,36-37,47H,13,16-20,23H2,1-2H3,(H,41,49)(H,50,51)(H2,42,43,53). The summed E-state index contributed by atoms with van der Waals surface area (Å²) in [6.45, 7) is 1.05. The number of Topliss-reactive ketones (excluding diaryl/α,β-unsaturated/α-hetero) is 1. The molecule has 1 saturated carbocycles. The highest BCUT2D eigenvalue weighted by atomic mass is 33.1. The van der Waals surface area contributed by atoms with Crippen LogP contribution < -0.4 is 25.6 Å². The molecule has 4 aromatic rings. The molecule has 4 aromatic carbocycles. The molecule has 0 radical (unpaired) electrons. The van der Waals surface area contributed by atoms with Crippen LogP contribution in [0.25, 0.3) is 0 Å². The fraction of sp³-hybridized carbons (Fsp3) is 0.300. The lowest BCUT2D eigenvalue weighted by atomic mass is 9.69. The van der Waals surface area contributed by atoms with Crippen molar-refractivity contribution < 1.29 is 29.3 Å². The number of ether oxygens (including phenoxy) is 1. The van der Waals surface area contributed by atoms with E-state index in [1.54, 1.807) is 70.1 Å². The molecule has 12 nitrogen and oxygen atoms in total. The summed E-state index contributed by atoms with van der Waals surface area (Å²) in [5.74, 6) is 0.362. The summed E-state index contributed by atoms with van der Waals surface area (Å²) in [6.07, 6.45) is 0.864. The molecule has 0 bridgehead atoms. The van der Waals surface area contributed by atoms with Gasteiger partial charge in [0.15, 0.2) is 5.11 Å². The molecule has 1 aliphatic carbocycles. The number of nitrogens with zero attached hydrogens (tertiary/aromatic N) is 3. The Labute approximate surface area is 332 Å². The Morgan fingerprint density at radius 3 is 2.38 bits per heavy atom. The Morgan fingerprint density at radius 2 is 1.64 bits per heavy atom. The molecule has 286 valence electrons. The summed E-state index contributed by atoms with van der Waals surface area (Å²) in [7, 11) is 7.22. The number of carbonyl (C=O) groups is 3. The number of carbonyl (C=O) groups excluding carboxylic acids is 2. The fourth-order valence-electron chi connectivity index (χ4n) is 6.75. The Bertz CT molecular complexity index is 2080. The number of hydrogen-bond acceptors (Lipinski definition) is 11. The first-order valence-electron chi connectivity index (χ1n) is 17.8. The smallest absolute Gasteiger partial charge is 0.336 e. The maximum atomic E-state index is 12.9. The molecular weight excluding hydrogens is 757 g/mol. The van der Waals surface area contributed by atoms with Gasteiger partial charge in [0.25, 0.3) is 5.91 Å². The summed E-state index contributed by atoms with van der Waals surface area (Å²) in [4.78, 5) is 39.8. The monoisotopic (exact) mass is 798 g/mol. The van der Waals surface area contributed by atoms with Crippen molar-refractivity contribution in [3.8, 4) is 11.5 Å². The van der Waals surface area contributed by atoms with Gasteiger partial charge in [-0.15, -0.1) is 5.11 Å². The number of phenols is 1. The molecular formula is C40H42N6O6S3. The third-order valence-corrected chi connectivity index (χ3v) is 12.0. The number of aromatic carboxylic acids is 1. The van der Waals surface area contributed by atoms with E-state index in [4.69, 9.17) is 17.0 Å². The number of aromatic hydroxyl groups is 1. The van der Waals surface area contributed by atoms with Crippen LogP contribution in [0, 0.1) is 5.92 Å². The summed E-state index contributed by atoms with van der Waals surface area (Å²) < 4.78 is 6.15. The van der Waals surface area contributed by atoms with Crippen LogP contribution in [0.4, 0.5) is 22.7 Å². The van der Waals surface area contributed by atoms with Crippen LogP contribution in [0.5, 0.6) is 11.5 Å². The lowest BCUT2D eigenvalue weighted by Crippen LogP contribution is -2.41. The largest absolute Gasteiger partial charge is 0.508 e. The van der Waals surface area contributed by atoms with Gasteiger partial charge in [-0.2, -0.15) is 5.11 Å². The van der Waals surface area contributed by atoms with Crippen molar-refractivity contribution in [2.24, 2.45) is 16.1 Å². The average Bonchev–Trinajstić information content (AvgIpc) is 3.17. The Hall–Kier alpha value is -5.12. The highest BCUT2D eigenvalue weighted by Crippen LogP contribution is 2.50. The van der Waals surface area contributed by atoms with Crippen molar-refractivity contribution in [2.45, 2.75) is 31.3 Å². The minimum Gasteiger partial charge on any atom is -0.508 e. The van der Waals surface area contributed by atoms with Crippen molar-refractivity contribution in [1.29, 1.82) is 0 Å². The van der Waals surface area contributed by atoms with Gasteiger partial charge in [-0.1, -0.05) is 45.9 Å². The second-order valence-electron chi connectivity index (χ2n) is 13.3. The van der Waals surface area contributed by atoms with Crippen molar-refractivity contribution in [1.82, 2.24) is 10.6 Å². The van der Waals surface area contributed by atoms with E-state index >= 15 is 0 Å². The second-order valence-corrected chi connectivity index (χ2v) is 16.4. The first-order valence-corrected chi connectivity index (χ1v) is 20.7. The molecule has 1 fully saturated rings. The number of thiocarbonyl (C=S) groups is 1. The van der Waals surface area contributed by atoms with E-state index < -0.39 is 12.1 Å². The Morgan fingerprint density at radius 1 is 0.909 bits per heavy atom. The quantitative estimate of drug-likeness (QED) is 0.0363. The van der Waals surface area contributed by atoms with Gasteiger partial charge in [0.1, 0.15) is 23.4 Å². The van der Waals surface area contributed by atoms with Crippen molar-refractivity contribution in [3.05, 3.63) is 107 Å². The molecule has 3 atom stereocenters. The second kappa shape index (κ2) is 18.5. The predicted molar refractivity (Wildman–Crippen MR) is 223 cm³/mol. The van der Waals surface area contributed by atoms with Crippen molar-refractivity contribution >= 4 is 79.3 Å². The summed E-state index contributed by atoms with van der Waals surface area (Å²) in [5, 5.41) is 38.6. The van der Waals surface area contributed by atoms with Crippen LogP contribution in [0.15, 0.2) is 95.2 Å². The summed E-state index contributed by atoms with van der Waals surface area (Å²) >= 11 is 5.50. The number of anilines is 2. The van der Waals surface area contributed by atoms with Crippen LogP contribution >= 0.6 is 33.8 Å². The zero-order chi connectivity index (χ0) is 38.9. The van der Waals surface area contributed by atoms with Gasteiger partial charge in [0.2, 0.25) is 0 Å². The predicted octanol–water partition coefficient (Wildman–Crippen LogP) is 7.93. The number of benzene rings is 4. The first kappa shape index (κ1) is 39.6. The number of azo groups is 1. The van der Waals surface area contributed by atoms with Crippen LogP contribution in [0.1, 0.15) is 57.0 Å². The lowest BCUT2D eigenvalue weighted by molar-refractivity contribution is -0.124. The van der Waals surface area contributed by atoms with Gasteiger partial charge < -0.3 is 35.8 Å². The van der Waals surface area contributed by atoms with Gasteiger partial charge in [0, 0.05) is 86.4 Å². The van der Waals surface area contributed by atoms with E-state index in [0.717, 1.165) is 17.0 Å². The molecule has 55 heavy (non-hydrogen) atoms. The van der Waals surface area contributed by atoms with Crippen LogP contribution in [-0.4, -0.2) is 77.8 Å². The van der Waals surface area contributed by atoms with Gasteiger partial charge >= 0.3 is 5.97 Å². The van der Waals surface area contributed by atoms with Crippen molar-refractivity contribution in [2.75, 3.05) is 48.9 Å². The molecule has 3 unspecified atom stereocenters. The molecule has 1 aliphatic heterocycles. The van der Waals surface area contributed by atoms with E-state index in [-0.39, 0.29) is 41.3 Å².